The summed E-state index contributed by atoms with van der Waals surface area (Å²) in [7, 11) is 0. The first-order valence-corrected chi connectivity index (χ1v) is 6.38. The van der Waals surface area contributed by atoms with Crippen molar-refractivity contribution in [1.29, 1.82) is 0 Å². The molecule has 0 spiro atoms. The summed E-state index contributed by atoms with van der Waals surface area (Å²) in [6.07, 6.45) is 8.61. The van der Waals surface area contributed by atoms with Gasteiger partial charge in [-0.15, -0.1) is 0 Å². The largest absolute Gasteiger partial charge is 0.316 e. The number of hydrogen-bond donors (Lipinski definition) is 1. The summed E-state index contributed by atoms with van der Waals surface area (Å²) >= 11 is 0. The van der Waals surface area contributed by atoms with E-state index in [1.807, 2.05) is 0 Å². The lowest BCUT2D eigenvalue weighted by Crippen LogP contribution is -2.38. The van der Waals surface area contributed by atoms with Crippen molar-refractivity contribution in [2.75, 3.05) is 32.7 Å². The van der Waals surface area contributed by atoms with Crippen molar-refractivity contribution in [3.8, 4) is 0 Å². The van der Waals surface area contributed by atoms with Crippen LogP contribution in [0.4, 0.5) is 0 Å². The van der Waals surface area contributed by atoms with E-state index in [9.17, 15) is 0 Å². The zero-order chi connectivity index (χ0) is 9.64. The Morgan fingerprint density at radius 2 is 1.79 bits per heavy atom. The van der Waals surface area contributed by atoms with Gasteiger partial charge < -0.3 is 10.2 Å². The first-order valence-electron chi connectivity index (χ1n) is 6.38. The Morgan fingerprint density at radius 1 is 1.00 bits per heavy atom. The molecule has 0 radical (unpaired) electrons. The Kier molecular flexibility index (Phi) is 4.26. The summed E-state index contributed by atoms with van der Waals surface area (Å²) in [5.74, 6) is 0.932. The second-order valence-electron chi connectivity index (χ2n) is 4.93. The molecule has 2 heterocycles. The fourth-order valence-corrected chi connectivity index (χ4v) is 2.76. The fraction of sp³-hybridized carbons (Fsp3) is 1.00. The van der Waals surface area contributed by atoms with Crippen LogP contribution in [0.2, 0.25) is 0 Å². The third-order valence-corrected chi connectivity index (χ3v) is 3.61. The third kappa shape index (κ3) is 3.25. The quantitative estimate of drug-likeness (QED) is 0.725. The van der Waals surface area contributed by atoms with Crippen LogP contribution in [0.3, 0.4) is 0 Å². The Bertz CT molecular complexity index is 144. The highest BCUT2D eigenvalue weighted by Gasteiger charge is 2.17. The van der Waals surface area contributed by atoms with Gasteiger partial charge in [0.15, 0.2) is 0 Å². The van der Waals surface area contributed by atoms with Crippen LogP contribution in [0.5, 0.6) is 0 Å². The number of nitrogens with one attached hydrogen (secondary N) is 1. The summed E-state index contributed by atoms with van der Waals surface area (Å²) in [5, 5.41) is 3.51. The summed E-state index contributed by atoms with van der Waals surface area (Å²) < 4.78 is 0. The van der Waals surface area contributed by atoms with Gasteiger partial charge in [-0.2, -0.15) is 0 Å². The molecule has 14 heavy (non-hydrogen) atoms. The lowest BCUT2D eigenvalue weighted by atomic mass is 9.99. The van der Waals surface area contributed by atoms with Crippen molar-refractivity contribution in [3.05, 3.63) is 0 Å². The summed E-state index contributed by atoms with van der Waals surface area (Å²) in [4.78, 5) is 2.70. The zero-order valence-corrected chi connectivity index (χ0v) is 9.30. The minimum atomic E-state index is 0.932. The lowest BCUT2D eigenvalue weighted by molar-refractivity contribution is 0.214. The third-order valence-electron chi connectivity index (χ3n) is 3.61. The molecule has 0 aromatic carbocycles. The first kappa shape index (κ1) is 10.4. The molecular weight excluding hydrogens is 172 g/mol. The van der Waals surface area contributed by atoms with E-state index in [-0.39, 0.29) is 0 Å². The van der Waals surface area contributed by atoms with E-state index >= 15 is 0 Å². The van der Waals surface area contributed by atoms with Gasteiger partial charge in [0.05, 0.1) is 0 Å². The molecule has 0 aromatic rings. The summed E-state index contributed by atoms with van der Waals surface area (Å²) in [5.41, 5.74) is 0. The van der Waals surface area contributed by atoms with E-state index < -0.39 is 0 Å². The zero-order valence-electron chi connectivity index (χ0n) is 9.30. The molecular formula is C12H24N2. The van der Waals surface area contributed by atoms with E-state index in [2.05, 4.69) is 10.2 Å². The minimum absolute atomic E-state index is 0.932. The van der Waals surface area contributed by atoms with Crippen molar-refractivity contribution in [1.82, 2.24) is 10.2 Å². The van der Waals surface area contributed by atoms with E-state index in [4.69, 9.17) is 0 Å². The molecule has 2 heteroatoms. The number of rotatable bonds is 2. The van der Waals surface area contributed by atoms with Gasteiger partial charge in [-0.25, -0.2) is 0 Å². The number of likely N-dealkylation sites (tertiary alicyclic amines) is 1. The number of nitrogens with zero attached hydrogens (tertiary/aromatic N) is 1. The van der Waals surface area contributed by atoms with Crippen molar-refractivity contribution >= 4 is 0 Å². The van der Waals surface area contributed by atoms with Gasteiger partial charge in [-0.1, -0.05) is 12.8 Å². The average Bonchev–Trinajstić information content (AvgIpc) is 2.48. The Morgan fingerprint density at radius 3 is 2.43 bits per heavy atom. The van der Waals surface area contributed by atoms with Crippen LogP contribution in [0.1, 0.15) is 38.5 Å². The van der Waals surface area contributed by atoms with Crippen LogP contribution >= 0.6 is 0 Å². The van der Waals surface area contributed by atoms with E-state index in [0.29, 0.717) is 0 Å². The molecule has 82 valence electrons. The van der Waals surface area contributed by atoms with Crippen molar-refractivity contribution in [3.63, 3.8) is 0 Å². The maximum Gasteiger partial charge on any atom is 0.00218 e. The normalized spacial score (nSPS) is 31.3. The second-order valence-corrected chi connectivity index (χ2v) is 4.93. The summed E-state index contributed by atoms with van der Waals surface area (Å²) in [6.45, 7) is 6.58. The first-order chi connectivity index (χ1) is 6.95. The maximum absolute atomic E-state index is 3.51. The fourth-order valence-electron chi connectivity index (χ4n) is 2.76. The predicted molar refractivity (Wildman–Crippen MR) is 60.5 cm³/mol. The molecule has 1 atom stereocenters. The lowest BCUT2D eigenvalue weighted by Gasteiger charge is -2.29. The average molecular weight is 196 g/mol. The number of piperidine rings is 1. The SMILES string of the molecule is C1CCCN(C[C@@H]2CCCNC2)CC1. The standard InChI is InChI=1S/C12H24N2/c1-2-4-9-14(8-3-1)11-12-6-5-7-13-10-12/h12-13H,1-11H2/t12-/m1/s1. The molecule has 2 rings (SSSR count). The van der Waals surface area contributed by atoms with Gasteiger partial charge in [0.25, 0.3) is 0 Å². The van der Waals surface area contributed by atoms with Crippen LogP contribution < -0.4 is 5.32 Å². The molecule has 0 aliphatic carbocycles. The Hall–Kier alpha value is -0.0800. The number of hydrogen-bond acceptors (Lipinski definition) is 2. The van der Waals surface area contributed by atoms with Crippen molar-refractivity contribution in [2.24, 2.45) is 5.92 Å². The molecule has 2 nitrogen and oxygen atoms in total. The van der Waals surface area contributed by atoms with Crippen LogP contribution in [0, 0.1) is 5.92 Å². The van der Waals surface area contributed by atoms with Crippen molar-refractivity contribution < 1.29 is 0 Å². The van der Waals surface area contributed by atoms with Gasteiger partial charge >= 0.3 is 0 Å². The van der Waals surface area contributed by atoms with Crippen LogP contribution in [0.15, 0.2) is 0 Å². The van der Waals surface area contributed by atoms with E-state index in [1.165, 1.54) is 71.2 Å². The topological polar surface area (TPSA) is 15.3 Å². The van der Waals surface area contributed by atoms with Crippen LogP contribution in [0.25, 0.3) is 0 Å². The monoisotopic (exact) mass is 196 g/mol. The molecule has 2 fully saturated rings. The molecule has 0 amide bonds. The highest BCUT2D eigenvalue weighted by Crippen LogP contribution is 2.15. The molecule has 0 aromatic heterocycles. The smallest absolute Gasteiger partial charge is 0.00218 e. The van der Waals surface area contributed by atoms with Gasteiger partial charge in [0.2, 0.25) is 0 Å². The summed E-state index contributed by atoms with van der Waals surface area (Å²) in [6, 6.07) is 0. The highest BCUT2D eigenvalue weighted by molar-refractivity contribution is 4.74. The predicted octanol–water partition coefficient (Wildman–Crippen LogP) is 1.86. The van der Waals surface area contributed by atoms with Gasteiger partial charge in [0.1, 0.15) is 0 Å². The van der Waals surface area contributed by atoms with Crippen molar-refractivity contribution in [2.45, 2.75) is 38.5 Å². The van der Waals surface area contributed by atoms with Gasteiger partial charge in [0, 0.05) is 6.54 Å². The van der Waals surface area contributed by atoms with Crippen LogP contribution in [-0.4, -0.2) is 37.6 Å². The molecule has 2 aliphatic rings. The Labute approximate surface area is 88.1 Å². The molecule has 0 saturated carbocycles. The highest BCUT2D eigenvalue weighted by atomic mass is 15.1. The molecule has 2 saturated heterocycles. The van der Waals surface area contributed by atoms with E-state index in [1.54, 1.807) is 0 Å². The van der Waals surface area contributed by atoms with Gasteiger partial charge in [-0.3, -0.25) is 0 Å². The van der Waals surface area contributed by atoms with E-state index in [0.717, 1.165) is 5.92 Å². The maximum atomic E-state index is 3.51. The molecule has 0 unspecified atom stereocenters. The molecule has 0 bridgehead atoms. The second kappa shape index (κ2) is 5.72. The van der Waals surface area contributed by atoms with Gasteiger partial charge in [-0.05, 0) is 57.8 Å². The minimum Gasteiger partial charge on any atom is -0.316 e. The van der Waals surface area contributed by atoms with Crippen LogP contribution in [-0.2, 0) is 0 Å². The molecule has 1 N–H and O–H groups in total. The Balaban J connectivity index is 1.71. The molecule has 2 aliphatic heterocycles.